The van der Waals surface area contributed by atoms with Crippen LogP contribution in [0.3, 0.4) is 0 Å². The first-order chi connectivity index (χ1) is 27.0. The quantitative estimate of drug-likeness (QED) is 0.0985. The van der Waals surface area contributed by atoms with Crippen molar-refractivity contribution in [2.45, 2.75) is 75.5 Å². The fourth-order valence-electron chi connectivity index (χ4n) is 5.79. The van der Waals surface area contributed by atoms with Crippen LogP contribution in [0.1, 0.15) is 49.7 Å². The van der Waals surface area contributed by atoms with E-state index in [1.165, 1.54) is 0 Å². The molecule has 0 spiro atoms. The second kappa shape index (κ2) is 24.5. The number of hydrogen-bond donors (Lipinski definition) is 10. The van der Waals surface area contributed by atoms with Crippen LogP contribution in [0.5, 0.6) is 0 Å². The van der Waals surface area contributed by atoms with E-state index in [0.29, 0.717) is 49.9 Å². The molecule has 56 heavy (non-hydrogen) atoms. The van der Waals surface area contributed by atoms with E-state index >= 15 is 0 Å². The first-order valence-corrected chi connectivity index (χ1v) is 18.7. The molecule has 0 saturated carbocycles. The number of hydrogen-bond acceptors (Lipinski definition) is 10. The predicted molar refractivity (Wildman–Crippen MR) is 206 cm³/mol. The summed E-state index contributed by atoms with van der Waals surface area (Å²) in [5, 5.41) is 20.3. The van der Waals surface area contributed by atoms with Gasteiger partial charge in [0.2, 0.25) is 47.3 Å². The Balaban J connectivity index is 1.86. The van der Waals surface area contributed by atoms with Crippen molar-refractivity contribution in [3.05, 3.63) is 71.8 Å². The number of benzene rings is 2. The highest BCUT2D eigenvalue weighted by molar-refractivity contribution is 5.96. The van der Waals surface area contributed by atoms with Crippen molar-refractivity contribution in [3.8, 4) is 0 Å². The molecule has 1 aliphatic heterocycles. The molecule has 0 aromatic heterocycles. The van der Waals surface area contributed by atoms with Gasteiger partial charge in [0.1, 0.15) is 24.2 Å². The third kappa shape index (κ3) is 16.6. The minimum atomic E-state index is -1.16. The second-order valence-electron chi connectivity index (χ2n) is 13.3. The van der Waals surface area contributed by atoms with Gasteiger partial charge in [-0.05, 0) is 62.7 Å². The van der Waals surface area contributed by atoms with Crippen molar-refractivity contribution in [1.82, 2.24) is 42.5 Å². The van der Waals surface area contributed by atoms with E-state index in [1.807, 2.05) is 0 Å². The standard InChI is InChI=1S/C38H54N10O8/c39-17-9-7-15-27-35(53)41-23-33(51)47-29(19-25-11-3-1-4-12-25)37(55)43-21-31(49)45-28(16-8-10-18-40)36(54)42-24-34(52)48-30(20-26-13-5-2-6-14-26)38(56)44-22-32(50)46-27/h1-6,11-14,27-30H,7-10,15-24,39-40H2,(H,41,53)(H,42,54)(H,43,55)(H,44,56)(H,45,49)(H,46,50)(H,47,51)(H,48,52)/t27-,28-,29-,30-/m0/s1. The molecule has 1 aliphatic rings. The molecule has 2 aromatic rings. The summed E-state index contributed by atoms with van der Waals surface area (Å²) < 4.78 is 0. The van der Waals surface area contributed by atoms with Crippen LogP contribution in [0.4, 0.5) is 0 Å². The van der Waals surface area contributed by atoms with Gasteiger partial charge in [-0.3, -0.25) is 38.4 Å². The fourth-order valence-corrected chi connectivity index (χ4v) is 5.79. The molecule has 4 atom stereocenters. The molecular formula is C38H54N10O8. The molecule has 2 aromatic carbocycles. The summed E-state index contributed by atoms with van der Waals surface area (Å²) in [5.41, 5.74) is 12.7. The molecule has 18 heteroatoms. The zero-order valence-corrected chi connectivity index (χ0v) is 31.4. The molecule has 1 fully saturated rings. The molecule has 0 bridgehead atoms. The van der Waals surface area contributed by atoms with Crippen LogP contribution in [-0.2, 0) is 51.2 Å². The summed E-state index contributed by atoms with van der Waals surface area (Å²) in [6.45, 7) is -1.48. The Hall–Kier alpha value is -5.88. The smallest absolute Gasteiger partial charge is 0.243 e. The lowest BCUT2D eigenvalue weighted by molar-refractivity contribution is -0.133. The second-order valence-corrected chi connectivity index (χ2v) is 13.3. The predicted octanol–water partition coefficient (Wildman–Crippen LogP) is -2.85. The molecule has 0 unspecified atom stereocenters. The summed E-state index contributed by atoms with van der Waals surface area (Å²) >= 11 is 0. The summed E-state index contributed by atoms with van der Waals surface area (Å²) in [4.78, 5) is 105. The molecule has 304 valence electrons. The van der Waals surface area contributed by atoms with Crippen LogP contribution in [0.25, 0.3) is 0 Å². The van der Waals surface area contributed by atoms with Crippen LogP contribution in [0.15, 0.2) is 60.7 Å². The van der Waals surface area contributed by atoms with Gasteiger partial charge in [0, 0.05) is 12.8 Å². The van der Waals surface area contributed by atoms with Gasteiger partial charge in [0.15, 0.2) is 0 Å². The molecule has 1 heterocycles. The van der Waals surface area contributed by atoms with Crippen LogP contribution in [0.2, 0.25) is 0 Å². The van der Waals surface area contributed by atoms with Gasteiger partial charge in [-0.25, -0.2) is 0 Å². The molecular weight excluding hydrogens is 724 g/mol. The Morgan fingerprint density at radius 1 is 0.411 bits per heavy atom. The Morgan fingerprint density at radius 3 is 1.00 bits per heavy atom. The first kappa shape index (κ1) is 44.5. The first-order valence-electron chi connectivity index (χ1n) is 18.7. The van der Waals surface area contributed by atoms with Crippen molar-refractivity contribution in [3.63, 3.8) is 0 Å². The number of amides is 8. The Morgan fingerprint density at radius 2 is 0.696 bits per heavy atom. The monoisotopic (exact) mass is 778 g/mol. The van der Waals surface area contributed by atoms with Crippen molar-refractivity contribution < 1.29 is 38.4 Å². The highest BCUT2D eigenvalue weighted by Gasteiger charge is 2.28. The maximum Gasteiger partial charge on any atom is 0.243 e. The van der Waals surface area contributed by atoms with Crippen molar-refractivity contribution in [1.29, 1.82) is 0 Å². The lowest BCUT2D eigenvalue weighted by Gasteiger charge is -2.22. The van der Waals surface area contributed by atoms with E-state index in [9.17, 15) is 38.4 Å². The average Bonchev–Trinajstić information content (AvgIpc) is 3.19. The number of nitrogens with two attached hydrogens (primary N) is 2. The maximum absolute atomic E-state index is 13.4. The van der Waals surface area contributed by atoms with Gasteiger partial charge < -0.3 is 54.0 Å². The third-order valence-electron chi connectivity index (χ3n) is 8.76. The van der Waals surface area contributed by atoms with E-state index in [4.69, 9.17) is 11.5 Å². The largest absolute Gasteiger partial charge is 0.345 e. The molecule has 18 nitrogen and oxygen atoms in total. The molecule has 8 amide bonds. The highest BCUT2D eigenvalue weighted by Crippen LogP contribution is 2.07. The number of unbranched alkanes of at least 4 members (excludes halogenated alkanes) is 2. The number of carbonyl (C=O) groups is 8. The molecule has 1 saturated heterocycles. The van der Waals surface area contributed by atoms with E-state index in [0.717, 1.165) is 0 Å². The summed E-state index contributed by atoms with van der Waals surface area (Å²) in [6, 6.07) is 13.1. The number of nitrogens with one attached hydrogen (secondary N) is 8. The van der Waals surface area contributed by atoms with E-state index in [-0.39, 0.29) is 25.7 Å². The summed E-state index contributed by atoms with van der Waals surface area (Å²) in [5.74, 6) is -5.58. The zero-order chi connectivity index (χ0) is 40.7. The van der Waals surface area contributed by atoms with Crippen molar-refractivity contribution >= 4 is 47.3 Å². The lowest BCUT2D eigenvalue weighted by Crippen LogP contribution is -2.56. The van der Waals surface area contributed by atoms with E-state index in [1.54, 1.807) is 60.7 Å². The van der Waals surface area contributed by atoms with Crippen LogP contribution in [0, 0.1) is 0 Å². The molecule has 0 radical (unpaired) electrons. The molecule has 0 aliphatic carbocycles. The van der Waals surface area contributed by atoms with Gasteiger partial charge in [0.05, 0.1) is 26.2 Å². The van der Waals surface area contributed by atoms with Gasteiger partial charge >= 0.3 is 0 Å². The minimum absolute atomic E-state index is 0.0514. The van der Waals surface area contributed by atoms with Crippen LogP contribution >= 0.6 is 0 Å². The number of rotatable bonds is 12. The fraction of sp³-hybridized carbons (Fsp3) is 0.474. The Bertz CT molecular complexity index is 1510. The summed E-state index contributed by atoms with van der Waals surface area (Å²) in [6.07, 6.45) is 2.51. The topological polar surface area (TPSA) is 285 Å². The maximum atomic E-state index is 13.4. The van der Waals surface area contributed by atoms with Crippen molar-refractivity contribution in [2.24, 2.45) is 11.5 Å². The SMILES string of the molecule is NCCCC[C@@H]1NC(=O)CNC(=O)[C@H](Cc2ccccc2)NC(=O)CNC(=O)[C@H](CCCCN)NC(=O)CNC(=O)[C@H](Cc2ccccc2)NC(=O)CNC1=O. The lowest BCUT2D eigenvalue weighted by atomic mass is 10.0. The van der Waals surface area contributed by atoms with Gasteiger partial charge in [-0.2, -0.15) is 0 Å². The third-order valence-corrected chi connectivity index (χ3v) is 8.76. The van der Waals surface area contributed by atoms with E-state index in [2.05, 4.69) is 42.5 Å². The van der Waals surface area contributed by atoms with Gasteiger partial charge in [-0.1, -0.05) is 60.7 Å². The Kier molecular flexibility index (Phi) is 19.5. The van der Waals surface area contributed by atoms with Crippen molar-refractivity contribution in [2.75, 3.05) is 39.3 Å². The van der Waals surface area contributed by atoms with Crippen LogP contribution in [-0.4, -0.2) is 111 Å². The number of carbonyl (C=O) groups excluding carboxylic acids is 8. The van der Waals surface area contributed by atoms with E-state index < -0.39 is 97.6 Å². The van der Waals surface area contributed by atoms with Crippen LogP contribution < -0.4 is 54.0 Å². The molecule has 12 N–H and O–H groups in total. The molecule has 3 rings (SSSR count). The zero-order valence-electron chi connectivity index (χ0n) is 31.4. The highest BCUT2D eigenvalue weighted by atomic mass is 16.2. The Labute approximate surface area is 325 Å². The van der Waals surface area contributed by atoms with Gasteiger partial charge in [-0.15, -0.1) is 0 Å². The van der Waals surface area contributed by atoms with Gasteiger partial charge in [0.25, 0.3) is 0 Å². The minimum Gasteiger partial charge on any atom is -0.345 e. The normalized spacial score (nSPS) is 21.5. The summed E-state index contributed by atoms with van der Waals surface area (Å²) in [7, 11) is 0. The average molecular weight is 779 g/mol.